The molecule has 0 bridgehead atoms. The third kappa shape index (κ3) is 2.46. The fourth-order valence-electron chi connectivity index (χ4n) is 1.97. The van der Waals surface area contributed by atoms with E-state index in [2.05, 4.69) is 5.32 Å². The summed E-state index contributed by atoms with van der Waals surface area (Å²) in [6.07, 6.45) is 0. The standard InChI is InChI=1S/C14H9Cl2NOS/c15-13-9-3-1-2-4-11(9)19-12-6-5-8(14(16)18)7-10(12)17-13/h1-7,13,17H. The largest absolute Gasteiger partial charge is 0.365 e. The lowest BCUT2D eigenvalue weighted by molar-refractivity contribution is 0.108. The SMILES string of the molecule is O=C(Cl)c1ccc2c(c1)NC(Cl)c1ccccc1S2. The number of halogens is 2. The summed E-state index contributed by atoms with van der Waals surface area (Å²) in [5, 5.41) is 2.74. The van der Waals surface area contributed by atoms with Gasteiger partial charge < -0.3 is 5.32 Å². The number of carbonyl (C=O) groups is 1. The predicted molar refractivity (Wildman–Crippen MR) is 79.4 cm³/mol. The number of carbonyl (C=O) groups excluding carboxylic acids is 1. The van der Waals surface area contributed by atoms with Gasteiger partial charge in [0.25, 0.3) is 5.24 Å². The number of anilines is 1. The molecule has 2 aromatic rings. The summed E-state index contributed by atoms with van der Waals surface area (Å²) < 4.78 is 0. The number of benzene rings is 2. The molecule has 3 rings (SSSR count). The van der Waals surface area contributed by atoms with E-state index in [1.165, 1.54) is 0 Å². The monoisotopic (exact) mass is 309 g/mol. The Morgan fingerprint density at radius 2 is 1.95 bits per heavy atom. The Bertz CT molecular complexity index is 660. The molecule has 0 aliphatic carbocycles. The van der Waals surface area contributed by atoms with Gasteiger partial charge in [-0.15, -0.1) is 0 Å². The van der Waals surface area contributed by atoms with Gasteiger partial charge in [0.05, 0.1) is 5.69 Å². The fraction of sp³-hybridized carbons (Fsp3) is 0.0714. The molecule has 0 aromatic heterocycles. The average Bonchev–Trinajstić information content (AvgIpc) is 2.54. The second-order valence-corrected chi connectivity index (χ2v) is 5.99. The summed E-state index contributed by atoms with van der Waals surface area (Å²) in [5.41, 5.74) is 1.99. The molecule has 19 heavy (non-hydrogen) atoms. The number of nitrogens with one attached hydrogen (secondary N) is 1. The summed E-state index contributed by atoms with van der Waals surface area (Å²) in [4.78, 5) is 13.3. The molecular formula is C14H9Cl2NOS. The van der Waals surface area contributed by atoms with E-state index >= 15 is 0 Å². The van der Waals surface area contributed by atoms with Crippen molar-refractivity contribution in [2.24, 2.45) is 0 Å². The van der Waals surface area contributed by atoms with Gasteiger partial charge in [0.1, 0.15) is 5.50 Å². The smallest absolute Gasteiger partial charge is 0.252 e. The first kappa shape index (κ1) is 12.9. The molecule has 0 amide bonds. The minimum absolute atomic E-state index is 0.328. The van der Waals surface area contributed by atoms with E-state index in [0.29, 0.717) is 5.56 Å². The highest BCUT2D eigenvalue weighted by molar-refractivity contribution is 7.99. The first-order valence-electron chi connectivity index (χ1n) is 5.66. The van der Waals surface area contributed by atoms with Crippen molar-refractivity contribution in [2.45, 2.75) is 15.3 Å². The minimum Gasteiger partial charge on any atom is -0.365 e. The summed E-state index contributed by atoms with van der Waals surface area (Å²) in [6.45, 7) is 0. The molecule has 1 aliphatic rings. The van der Waals surface area contributed by atoms with E-state index in [9.17, 15) is 4.79 Å². The Morgan fingerprint density at radius 3 is 2.74 bits per heavy atom. The maximum absolute atomic E-state index is 11.2. The topological polar surface area (TPSA) is 29.1 Å². The van der Waals surface area contributed by atoms with Gasteiger partial charge in [-0.2, -0.15) is 0 Å². The van der Waals surface area contributed by atoms with Crippen LogP contribution in [-0.2, 0) is 0 Å². The summed E-state index contributed by atoms with van der Waals surface area (Å²) in [6, 6.07) is 13.3. The van der Waals surface area contributed by atoms with Gasteiger partial charge >= 0.3 is 0 Å². The van der Waals surface area contributed by atoms with Crippen molar-refractivity contribution in [2.75, 3.05) is 5.32 Å². The zero-order chi connectivity index (χ0) is 13.4. The van der Waals surface area contributed by atoms with Crippen molar-refractivity contribution in [3.05, 3.63) is 53.6 Å². The van der Waals surface area contributed by atoms with Crippen molar-refractivity contribution in [1.29, 1.82) is 0 Å². The fourth-order valence-corrected chi connectivity index (χ4v) is 3.51. The molecular weight excluding hydrogens is 301 g/mol. The van der Waals surface area contributed by atoms with Crippen LogP contribution in [0.15, 0.2) is 52.3 Å². The zero-order valence-corrected chi connectivity index (χ0v) is 12.0. The van der Waals surface area contributed by atoms with E-state index in [-0.39, 0.29) is 5.50 Å². The summed E-state index contributed by atoms with van der Waals surface area (Å²) in [7, 11) is 0. The van der Waals surface area contributed by atoms with E-state index < -0.39 is 5.24 Å². The molecule has 1 unspecified atom stereocenters. The highest BCUT2D eigenvalue weighted by Crippen LogP contribution is 2.43. The van der Waals surface area contributed by atoms with E-state index in [0.717, 1.165) is 21.0 Å². The zero-order valence-electron chi connectivity index (χ0n) is 9.69. The highest BCUT2D eigenvalue weighted by atomic mass is 35.5. The van der Waals surface area contributed by atoms with E-state index in [4.69, 9.17) is 23.2 Å². The van der Waals surface area contributed by atoms with Crippen LogP contribution in [0.1, 0.15) is 21.4 Å². The van der Waals surface area contributed by atoms with Crippen molar-refractivity contribution in [3.63, 3.8) is 0 Å². The van der Waals surface area contributed by atoms with Crippen LogP contribution in [0.2, 0.25) is 0 Å². The molecule has 2 nitrogen and oxygen atoms in total. The second-order valence-electron chi connectivity index (χ2n) is 4.13. The van der Waals surface area contributed by atoms with Crippen molar-refractivity contribution < 1.29 is 4.79 Å². The van der Waals surface area contributed by atoms with Gasteiger partial charge in [0.15, 0.2) is 0 Å². The Hall–Kier alpha value is -1.16. The maximum Gasteiger partial charge on any atom is 0.252 e. The first-order chi connectivity index (χ1) is 9.15. The van der Waals surface area contributed by atoms with Crippen LogP contribution in [0.5, 0.6) is 0 Å². The lowest BCUT2D eigenvalue weighted by atomic mass is 10.2. The molecule has 5 heteroatoms. The lowest BCUT2D eigenvalue weighted by Crippen LogP contribution is -2.04. The molecule has 2 aromatic carbocycles. The average molecular weight is 310 g/mol. The molecule has 0 spiro atoms. The predicted octanol–water partition coefficient (Wildman–Crippen LogP) is 4.88. The minimum atomic E-state index is -0.470. The van der Waals surface area contributed by atoms with Gasteiger partial charge in [-0.05, 0) is 35.9 Å². The number of fused-ring (bicyclic) bond motifs is 2. The van der Waals surface area contributed by atoms with E-state index in [1.54, 1.807) is 23.9 Å². The van der Waals surface area contributed by atoms with Crippen LogP contribution >= 0.6 is 35.0 Å². The Labute approximate surface area is 125 Å². The number of hydrogen-bond donors (Lipinski definition) is 1. The van der Waals surface area contributed by atoms with Gasteiger partial charge in [-0.25, -0.2) is 0 Å². The Balaban J connectivity index is 2.09. The van der Waals surface area contributed by atoms with Gasteiger partial charge in [-0.1, -0.05) is 41.6 Å². The number of hydrogen-bond acceptors (Lipinski definition) is 3. The molecule has 1 N–H and O–H groups in total. The highest BCUT2D eigenvalue weighted by Gasteiger charge is 2.20. The third-order valence-electron chi connectivity index (χ3n) is 2.90. The van der Waals surface area contributed by atoms with Crippen LogP contribution in [0, 0.1) is 0 Å². The lowest BCUT2D eigenvalue weighted by Gasteiger charge is -2.13. The molecule has 1 aliphatic heterocycles. The van der Waals surface area contributed by atoms with Crippen LogP contribution < -0.4 is 5.32 Å². The normalized spacial score (nSPS) is 16.8. The molecule has 0 radical (unpaired) electrons. The third-order valence-corrected chi connectivity index (χ3v) is 4.63. The Morgan fingerprint density at radius 1 is 1.16 bits per heavy atom. The van der Waals surface area contributed by atoms with Crippen molar-refractivity contribution in [3.8, 4) is 0 Å². The van der Waals surface area contributed by atoms with Gasteiger partial charge in [0.2, 0.25) is 0 Å². The van der Waals surface area contributed by atoms with Gasteiger partial charge in [-0.3, -0.25) is 4.79 Å². The summed E-state index contributed by atoms with van der Waals surface area (Å²) in [5.74, 6) is 0. The Kier molecular flexibility index (Phi) is 3.44. The molecule has 96 valence electrons. The van der Waals surface area contributed by atoms with Crippen LogP contribution in [0.4, 0.5) is 5.69 Å². The summed E-state index contributed by atoms with van der Waals surface area (Å²) >= 11 is 13.5. The molecule has 1 heterocycles. The van der Waals surface area contributed by atoms with Crippen LogP contribution in [0.3, 0.4) is 0 Å². The number of rotatable bonds is 1. The van der Waals surface area contributed by atoms with Crippen molar-refractivity contribution in [1.82, 2.24) is 0 Å². The molecule has 1 atom stereocenters. The van der Waals surface area contributed by atoms with E-state index in [1.807, 2.05) is 30.3 Å². The number of alkyl halides is 1. The van der Waals surface area contributed by atoms with Crippen LogP contribution in [-0.4, -0.2) is 5.24 Å². The molecule has 0 saturated heterocycles. The molecule has 0 fully saturated rings. The first-order valence-corrected chi connectivity index (χ1v) is 7.29. The van der Waals surface area contributed by atoms with Crippen LogP contribution in [0.25, 0.3) is 0 Å². The maximum atomic E-state index is 11.2. The quantitative estimate of drug-likeness (QED) is 0.462. The van der Waals surface area contributed by atoms with Gasteiger partial charge in [0, 0.05) is 20.9 Å². The molecule has 0 saturated carbocycles. The second kappa shape index (κ2) is 5.08. The van der Waals surface area contributed by atoms with Crippen molar-refractivity contribution >= 4 is 45.9 Å².